The van der Waals surface area contributed by atoms with Crippen molar-refractivity contribution < 1.29 is 13.7 Å². The van der Waals surface area contributed by atoms with Crippen LogP contribution in [0.25, 0.3) is 0 Å². The molecule has 140 valence electrons. The van der Waals surface area contributed by atoms with Gasteiger partial charge in [-0.2, -0.15) is 0 Å². The van der Waals surface area contributed by atoms with Crippen molar-refractivity contribution in [2.75, 3.05) is 13.1 Å². The summed E-state index contributed by atoms with van der Waals surface area (Å²) in [4.78, 5) is 0.797. The lowest BCUT2D eigenvalue weighted by molar-refractivity contribution is -0.0428. The second-order valence-electron chi connectivity index (χ2n) is 7.04. The topological polar surface area (TPSA) is 38.8 Å². The van der Waals surface area contributed by atoms with Gasteiger partial charge in [-0.05, 0) is 63.1 Å². The smallest absolute Gasteiger partial charge is 0.127 e. The van der Waals surface area contributed by atoms with Crippen LogP contribution in [0, 0.1) is 13.8 Å². The molecule has 26 heavy (non-hydrogen) atoms. The van der Waals surface area contributed by atoms with Gasteiger partial charge in [-0.25, -0.2) is 8.51 Å². The van der Waals surface area contributed by atoms with Crippen LogP contribution in [0.4, 0.5) is 0 Å². The summed E-state index contributed by atoms with van der Waals surface area (Å²) >= 11 is 0. The molecule has 2 aromatic rings. The summed E-state index contributed by atoms with van der Waals surface area (Å²) < 4.78 is 26.4. The first-order chi connectivity index (χ1) is 12.4. The molecule has 1 saturated heterocycles. The standard InChI is InChI=1S/C21H27NO3S/c1-15-5-6-16(2)19(11-15)14-24-20-7-9-21(10-8-20)26(23)22-12-17(3)25-18(4)13-22/h5-11,17-18H,12-14H2,1-4H3/t17-,18?,26?/m0/s1. The monoisotopic (exact) mass is 373 g/mol. The number of rotatable bonds is 5. The van der Waals surface area contributed by atoms with Crippen LogP contribution in [0.1, 0.15) is 30.5 Å². The third-order valence-corrected chi connectivity index (χ3v) is 5.99. The molecule has 2 aromatic carbocycles. The van der Waals surface area contributed by atoms with E-state index in [1.54, 1.807) is 0 Å². The maximum Gasteiger partial charge on any atom is 0.127 e. The first-order valence-corrected chi connectivity index (χ1v) is 10.1. The second kappa shape index (κ2) is 8.33. The fourth-order valence-corrected chi connectivity index (χ4v) is 4.54. The van der Waals surface area contributed by atoms with Crippen LogP contribution in [-0.4, -0.2) is 33.8 Å². The SMILES string of the molecule is Cc1ccc(C)c(COc2ccc(S(=O)N3CC(C)O[C@@H](C)C3)cc2)c1. The van der Waals surface area contributed by atoms with Gasteiger partial charge in [0, 0.05) is 13.1 Å². The summed E-state index contributed by atoms with van der Waals surface area (Å²) in [6.07, 6.45) is 0.200. The zero-order valence-corrected chi connectivity index (χ0v) is 16.7. The van der Waals surface area contributed by atoms with Crippen molar-refractivity contribution in [3.8, 4) is 5.75 Å². The molecule has 0 bridgehead atoms. The van der Waals surface area contributed by atoms with Gasteiger partial charge in [0.05, 0.1) is 17.1 Å². The number of benzene rings is 2. The lowest BCUT2D eigenvalue weighted by Crippen LogP contribution is -2.46. The molecule has 3 atom stereocenters. The molecule has 0 N–H and O–H groups in total. The molecule has 1 fully saturated rings. The van der Waals surface area contributed by atoms with Crippen molar-refractivity contribution in [3.05, 3.63) is 59.2 Å². The van der Waals surface area contributed by atoms with E-state index in [-0.39, 0.29) is 12.2 Å². The third-order valence-electron chi connectivity index (χ3n) is 4.54. The molecule has 1 heterocycles. The van der Waals surface area contributed by atoms with Gasteiger partial charge in [0.1, 0.15) is 23.3 Å². The lowest BCUT2D eigenvalue weighted by atomic mass is 10.1. The summed E-state index contributed by atoms with van der Waals surface area (Å²) in [7, 11) is -1.17. The van der Waals surface area contributed by atoms with E-state index in [2.05, 4.69) is 32.0 Å². The summed E-state index contributed by atoms with van der Waals surface area (Å²) in [6.45, 7) is 10.1. The summed E-state index contributed by atoms with van der Waals surface area (Å²) in [5.74, 6) is 0.787. The minimum Gasteiger partial charge on any atom is -0.489 e. The van der Waals surface area contributed by atoms with Crippen molar-refractivity contribution >= 4 is 11.0 Å². The highest BCUT2D eigenvalue weighted by Crippen LogP contribution is 2.21. The average molecular weight is 374 g/mol. The van der Waals surface area contributed by atoms with E-state index in [1.807, 2.05) is 42.4 Å². The molecule has 0 saturated carbocycles. The molecular weight excluding hydrogens is 346 g/mol. The van der Waals surface area contributed by atoms with E-state index in [9.17, 15) is 4.21 Å². The molecule has 0 radical (unpaired) electrons. The molecular formula is C21H27NO3S. The second-order valence-corrected chi connectivity index (χ2v) is 8.53. The minimum absolute atomic E-state index is 0.0999. The highest BCUT2D eigenvalue weighted by molar-refractivity contribution is 7.82. The molecule has 3 rings (SSSR count). The Morgan fingerprint density at radius 1 is 1.08 bits per heavy atom. The van der Waals surface area contributed by atoms with E-state index >= 15 is 0 Å². The Bertz CT molecular complexity index is 765. The van der Waals surface area contributed by atoms with E-state index in [0.29, 0.717) is 19.7 Å². The number of hydrogen-bond acceptors (Lipinski definition) is 3. The molecule has 4 nitrogen and oxygen atoms in total. The van der Waals surface area contributed by atoms with Crippen molar-refractivity contribution in [2.45, 2.75) is 51.4 Å². The van der Waals surface area contributed by atoms with Gasteiger partial charge in [0.2, 0.25) is 0 Å². The van der Waals surface area contributed by atoms with Crippen LogP contribution in [0.5, 0.6) is 5.75 Å². The maximum atomic E-state index is 12.8. The molecule has 0 amide bonds. The predicted octanol–water partition coefficient (Wildman–Crippen LogP) is 4.01. The number of hydrogen-bond donors (Lipinski definition) is 0. The molecule has 0 spiro atoms. The maximum absolute atomic E-state index is 12.8. The predicted molar refractivity (Wildman–Crippen MR) is 105 cm³/mol. The van der Waals surface area contributed by atoms with E-state index in [1.165, 1.54) is 16.7 Å². The van der Waals surface area contributed by atoms with Gasteiger partial charge in [-0.1, -0.05) is 23.8 Å². The average Bonchev–Trinajstić information content (AvgIpc) is 2.61. The quantitative estimate of drug-likeness (QED) is 0.795. The Morgan fingerprint density at radius 2 is 1.73 bits per heavy atom. The fraction of sp³-hybridized carbons (Fsp3) is 0.429. The zero-order chi connectivity index (χ0) is 18.7. The summed E-state index contributed by atoms with van der Waals surface area (Å²) in [6, 6.07) is 13.9. The van der Waals surface area contributed by atoms with E-state index < -0.39 is 11.0 Å². The van der Waals surface area contributed by atoms with Crippen LogP contribution in [-0.2, 0) is 22.3 Å². The van der Waals surface area contributed by atoms with Crippen molar-refractivity contribution in [3.63, 3.8) is 0 Å². The van der Waals surface area contributed by atoms with Crippen LogP contribution in [0.2, 0.25) is 0 Å². The van der Waals surface area contributed by atoms with Gasteiger partial charge in [-0.3, -0.25) is 0 Å². The summed E-state index contributed by atoms with van der Waals surface area (Å²) in [5, 5.41) is 0. The Hall–Kier alpha value is -1.69. The number of ether oxygens (including phenoxy) is 2. The molecule has 2 unspecified atom stereocenters. The minimum atomic E-state index is -1.17. The van der Waals surface area contributed by atoms with Crippen molar-refractivity contribution in [2.24, 2.45) is 0 Å². The van der Waals surface area contributed by atoms with Gasteiger partial charge in [-0.15, -0.1) is 0 Å². The number of morpholine rings is 1. The molecule has 0 aromatic heterocycles. The van der Waals surface area contributed by atoms with Crippen LogP contribution >= 0.6 is 0 Å². The van der Waals surface area contributed by atoms with Crippen LogP contribution < -0.4 is 4.74 Å². The van der Waals surface area contributed by atoms with E-state index in [0.717, 1.165) is 10.6 Å². The molecule has 1 aliphatic rings. The number of nitrogens with zero attached hydrogens (tertiary/aromatic N) is 1. The van der Waals surface area contributed by atoms with Crippen LogP contribution in [0.3, 0.4) is 0 Å². The summed E-state index contributed by atoms with van der Waals surface area (Å²) in [5.41, 5.74) is 3.65. The normalized spacial score (nSPS) is 22.2. The first kappa shape index (κ1) is 19.1. The Morgan fingerprint density at radius 3 is 2.38 bits per heavy atom. The van der Waals surface area contributed by atoms with Gasteiger partial charge in [0.15, 0.2) is 0 Å². The zero-order valence-electron chi connectivity index (χ0n) is 15.9. The molecule has 5 heteroatoms. The van der Waals surface area contributed by atoms with Gasteiger partial charge in [0.25, 0.3) is 0 Å². The van der Waals surface area contributed by atoms with E-state index in [4.69, 9.17) is 9.47 Å². The van der Waals surface area contributed by atoms with Crippen molar-refractivity contribution in [1.29, 1.82) is 0 Å². The fourth-order valence-electron chi connectivity index (χ4n) is 3.18. The van der Waals surface area contributed by atoms with Gasteiger partial charge >= 0.3 is 0 Å². The first-order valence-electron chi connectivity index (χ1n) is 9.03. The highest BCUT2D eigenvalue weighted by Gasteiger charge is 2.26. The van der Waals surface area contributed by atoms with Crippen molar-refractivity contribution in [1.82, 2.24) is 4.31 Å². The lowest BCUT2D eigenvalue weighted by Gasteiger charge is -2.34. The molecule has 0 aliphatic carbocycles. The molecule has 1 aliphatic heterocycles. The van der Waals surface area contributed by atoms with Crippen LogP contribution in [0.15, 0.2) is 47.4 Å². The van der Waals surface area contributed by atoms with Gasteiger partial charge < -0.3 is 9.47 Å². The highest BCUT2D eigenvalue weighted by atomic mass is 32.2. The Balaban J connectivity index is 1.63. The Labute approximate surface area is 158 Å². The third kappa shape index (κ3) is 4.72. The Kier molecular flexibility index (Phi) is 6.12. The largest absolute Gasteiger partial charge is 0.489 e. The number of aryl methyl sites for hydroxylation is 2.